The standard InChI is InChI=1S/C15H16OS/c1-4-12-7-5-6-8-13(12)15-10(2)9-14(17-15)11(3)16/h5-9H,4H2,1-3H3. The number of carbonyl (C=O) groups excluding carboxylic acids is 1. The number of hydrogen-bond acceptors (Lipinski definition) is 2. The molecule has 0 fully saturated rings. The second kappa shape index (κ2) is 4.84. The lowest BCUT2D eigenvalue weighted by Gasteiger charge is -2.06. The molecule has 2 heteroatoms. The Morgan fingerprint density at radius 3 is 2.59 bits per heavy atom. The summed E-state index contributed by atoms with van der Waals surface area (Å²) in [4.78, 5) is 13.5. The largest absolute Gasteiger partial charge is 0.294 e. The summed E-state index contributed by atoms with van der Waals surface area (Å²) in [6.45, 7) is 5.86. The number of thiophene rings is 1. The minimum absolute atomic E-state index is 0.151. The van der Waals surface area contributed by atoms with Crippen molar-refractivity contribution in [3.63, 3.8) is 0 Å². The molecule has 0 N–H and O–H groups in total. The second-order valence-electron chi connectivity index (χ2n) is 4.19. The number of benzene rings is 1. The lowest BCUT2D eigenvalue weighted by atomic mass is 10.0. The quantitative estimate of drug-likeness (QED) is 0.727. The molecular formula is C15H16OS. The molecule has 1 aromatic carbocycles. The van der Waals surface area contributed by atoms with Crippen molar-refractivity contribution in [1.82, 2.24) is 0 Å². The van der Waals surface area contributed by atoms with Crippen molar-refractivity contribution in [2.45, 2.75) is 27.2 Å². The van der Waals surface area contributed by atoms with E-state index >= 15 is 0 Å². The number of ketones is 1. The topological polar surface area (TPSA) is 17.1 Å². The van der Waals surface area contributed by atoms with Crippen molar-refractivity contribution >= 4 is 17.1 Å². The molecule has 0 saturated heterocycles. The molecule has 1 heterocycles. The van der Waals surface area contributed by atoms with Crippen molar-refractivity contribution in [2.75, 3.05) is 0 Å². The third-order valence-electron chi connectivity index (χ3n) is 2.91. The first-order valence-corrected chi connectivity index (χ1v) is 6.64. The summed E-state index contributed by atoms with van der Waals surface area (Å²) < 4.78 is 0. The lowest BCUT2D eigenvalue weighted by molar-refractivity contribution is 0.102. The minimum atomic E-state index is 0.151. The molecule has 17 heavy (non-hydrogen) atoms. The van der Waals surface area contributed by atoms with Crippen molar-refractivity contribution in [3.05, 3.63) is 46.3 Å². The molecule has 0 spiro atoms. The maximum atomic E-state index is 11.4. The van der Waals surface area contributed by atoms with Crippen LogP contribution in [0.4, 0.5) is 0 Å². The van der Waals surface area contributed by atoms with Crippen LogP contribution in [0.1, 0.15) is 34.6 Å². The Morgan fingerprint density at radius 2 is 2.00 bits per heavy atom. The minimum Gasteiger partial charge on any atom is -0.294 e. The van der Waals surface area contributed by atoms with Crippen molar-refractivity contribution in [2.24, 2.45) is 0 Å². The molecule has 0 saturated carbocycles. The van der Waals surface area contributed by atoms with Gasteiger partial charge in [0.15, 0.2) is 5.78 Å². The van der Waals surface area contributed by atoms with Gasteiger partial charge in [-0.3, -0.25) is 4.79 Å². The highest BCUT2D eigenvalue weighted by Gasteiger charge is 2.12. The molecule has 0 aliphatic heterocycles. The van der Waals surface area contributed by atoms with Crippen LogP contribution >= 0.6 is 11.3 Å². The average molecular weight is 244 g/mol. The monoisotopic (exact) mass is 244 g/mol. The average Bonchev–Trinajstić information content (AvgIpc) is 2.71. The number of rotatable bonds is 3. The molecule has 1 aromatic heterocycles. The van der Waals surface area contributed by atoms with E-state index in [1.54, 1.807) is 18.3 Å². The molecular weight excluding hydrogens is 228 g/mol. The first-order valence-electron chi connectivity index (χ1n) is 5.83. The summed E-state index contributed by atoms with van der Waals surface area (Å²) in [7, 11) is 0. The van der Waals surface area contributed by atoms with Gasteiger partial charge in [0.1, 0.15) is 0 Å². The molecule has 1 nitrogen and oxygen atoms in total. The first-order chi connectivity index (χ1) is 8.13. The zero-order valence-corrected chi connectivity index (χ0v) is 11.2. The molecule has 0 radical (unpaired) electrons. The highest BCUT2D eigenvalue weighted by molar-refractivity contribution is 7.17. The molecule has 88 valence electrons. The van der Waals surface area contributed by atoms with Gasteiger partial charge in [-0.15, -0.1) is 11.3 Å². The third kappa shape index (κ3) is 2.32. The van der Waals surface area contributed by atoms with Crippen LogP contribution in [-0.2, 0) is 6.42 Å². The number of aryl methyl sites for hydroxylation is 2. The molecule has 2 rings (SSSR count). The van der Waals surface area contributed by atoms with Crippen LogP contribution in [0.15, 0.2) is 30.3 Å². The van der Waals surface area contributed by atoms with Crippen LogP contribution in [0.5, 0.6) is 0 Å². The predicted octanol–water partition coefficient (Wildman–Crippen LogP) is 4.49. The Bertz CT molecular complexity index is 552. The highest BCUT2D eigenvalue weighted by atomic mass is 32.1. The summed E-state index contributed by atoms with van der Waals surface area (Å²) in [5.41, 5.74) is 3.80. The molecule has 0 unspecified atom stereocenters. The molecule has 0 aliphatic carbocycles. The van der Waals surface area contributed by atoms with Crippen LogP contribution in [0.25, 0.3) is 10.4 Å². The van der Waals surface area contributed by atoms with Crippen LogP contribution < -0.4 is 0 Å². The predicted molar refractivity (Wildman–Crippen MR) is 73.9 cm³/mol. The summed E-state index contributed by atoms with van der Waals surface area (Å²) >= 11 is 1.60. The van der Waals surface area contributed by atoms with Gasteiger partial charge in [0.2, 0.25) is 0 Å². The Kier molecular flexibility index (Phi) is 3.43. The summed E-state index contributed by atoms with van der Waals surface area (Å²) in [5, 5.41) is 0. The molecule has 0 amide bonds. The SMILES string of the molecule is CCc1ccccc1-c1sc(C(C)=O)cc1C. The zero-order chi connectivity index (χ0) is 12.4. The summed E-state index contributed by atoms with van der Waals surface area (Å²) in [6, 6.07) is 10.4. The fraction of sp³-hybridized carbons (Fsp3) is 0.267. The highest BCUT2D eigenvalue weighted by Crippen LogP contribution is 2.34. The number of carbonyl (C=O) groups is 1. The fourth-order valence-corrected chi connectivity index (χ4v) is 3.10. The molecule has 0 aliphatic rings. The van der Waals surface area contributed by atoms with Gasteiger partial charge >= 0.3 is 0 Å². The van der Waals surface area contributed by atoms with E-state index in [2.05, 4.69) is 38.1 Å². The van der Waals surface area contributed by atoms with Gasteiger partial charge in [-0.05, 0) is 43.0 Å². The van der Waals surface area contributed by atoms with Gasteiger partial charge < -0.3 is 0 Å². The van der Waals surface area contributed by atoms with Crippen molar-refractivity contribution in [3.8, 4) is 10.4 Å². The van der Waals surface area contributed by atoms with Crippen LogP contribution in [0.2, 0.25) is 0 Å². The van der Waals surface area contributed by atoms with E-state index < -0.39 is 0 Å². The van der Waals surface area contributed by atoms with Gasteiger partial charge in [0, 0.05) is 4.88 Å². The van der Waals surface area contributed by atoms with Gasteiger partial charge in [0.05, 0.1) is 4.88 Å². The Hall–Kier alpha value is -1.41. The van der Waals surface area contributed by atoms with Gasteiger partial charge in [-0.1, -0.05) is 31.2 Å². The van der Waals surface area contributed by atoms with E-state index in [0.29, 0.717) is 0 Å². The molecule has 0 bridgehead atoms. The van der Waals surface area contributed by atoms with E-state index in [9.17, 15) is 4.79 Å². The van der Waals surface area contributed by atoms with E-state index in [0.717, 1.165) is 11.3 Å². The fourth-order valence-electron chi connectivity index (χ4n) is 1.97. The first kappa shape index (κ1) is 12.1. The van der Waals surface area contributed by atoms with E-state index in [1.165, 1.54) is 21.6 Å². The van der Waals surface area contributed by atoms with Crippen molar-refractivity contribution in [1.29, 1.82) is 0 Å². The normalized spacial score (nSPS) is 10.5. The Labute approximate surface area is 106 Å². The van der Waals surface area contributed by atoms with Gasteiger partial charge in [0.25, 0.3) is 0 Å². The zero-order valence-electron chi connectivity index (χ0n) is 10.4. The number of Topliss-reactive ketones (excluding diaryl/α,β-unsaturated/α-hetero) is 1. The molecule has 2 aromatic rings. The van der Waals surface area contributed by atoms with Crippen LogP contribution in [0, 0.1) is 6.92 Å². The van der Waals surface area contributed by atoms with E-state index in [-0.39, 0.29) is 5.78 Å². The van der Waals surface area contributed by atoms with Crippen LogP contribution in [-0.4, -0.2) is 5.78 Å². The second-order valence-corrected chi connectivity index (χ2v) is 5.24. The maximum absolute atomic E-state index is 11.4. The summed E-state index contributed by atoms with van der Waals surface area (Å²) in [5.74, 6) is 0.151. The number of hydrogen-bond donors (Lipinski definition) is 0. The molecule has 0 atom stereocenters. The lowest BCUT2D eigenvalue weighted by Crippen LogP contribution is -1.85. The van der Waals surface area contributed by atoms with Crippen molar-refractivity contribution < 1.29 is 4.79 Å². The van der Waals surface area contributed by atoms with E-state index in [1.807, 2.05) is 6.07 Å². The van der Waals surface area contributed by atoms with Gasteiger partial charge in [-0.2, -0.15) is 0 Å². The van der Waals surface area contributed by atoms with E-state index in [4.69, 9.17) is 0 Å². The Morgan fingerprint density at radius 1 is 1.29 bits per heavy atom. The maximum Gasteiger partial charge on any atom is 0.169 e. The third-order valence-corrected chi connectivity index (χ3v) is 4.28. The van der Waals surface area contributed by atoms with Crippen LogP contribution in [0.3, 0.4) is 0 Å². The summed E-state index contributed by atoms with van der Waals surface area (Å²) in [6.07, 6.45) is 1.02. The van der Waals surface area contributed by atoms with Gasteiger partial charge in [-0.25, -0.2) is 0 Å². The Balaban J connectivity index is 2.56. The smallest absolute Gasteiger partial charge is 0.169 e.